The Morgan fingerprint density at radius 1 is 1.37 bits per heavy atom. The Kier molecular flexibility index (Phi) is 5.23. The number of nitrogens with one attached hydrogen (secondary N) is 1. The van der Waals surface area contributed by atoms with Crippen LogP contribution in [0.15, 0.2) is 24.3 Å². The molecule has 1 fully saturated rings. The standard InChI is InChI=1S/C16H26N2O/c1-13(17-2)15-9-6-7-11-18(15)12-14-8-4-5-10-16(14)19-3/h4-5,8,10,13,15,17H,6-7,9,11-12H2,1-3H3. The summed E-state index contributed by atoms with van der Waals surface area (Å²) in [4.78, 5) is 2.60. The molecule has 1 aromatic rings. The number of hydrogen-bond acceptors (Lipinski definition) is 3. The Morgan fingerprint density at radius 2 is 2.16 bits per heavy atom. The first-order chi connectivity index (χ1) is 9.26. The van der Waals surface area contributed by atoms with Crippen LogP contribution in [-0.2, 0) is 6.54 Å². The molecule has 3 nitrogen and oxygen atoms in total. The first kappa shape index (κ1) is 14.4. The number of ether oxygens (including phenoxy) is 1. The molecule has 19 heavy (non-hydrogen) atoms. The van der Waals surface area contributed by atoms with Gasteiger partial charge >= 0.3 is 0 Å². The van der Waals surface area contributed by atoms with E-state index in [-0.39, 0.29) is 0 Å². The fourth-order valence-corrected chi connectivity index (χ4v) is 3.02. The van der Waals surface area contributed by atoms with Crippen molar-refractivity contribution in [3.63, 3.8) is 0 Å². The molecule has 2 rings (SSSR count). The Labute approximate surface area is 116 Å². The summed E-state index contributed by atoms with van der Waals surface area (Å²) in [6, 6.07) is 9.52. The Balaban J connectivity index is 2.10. The zero-order valence-electron chi connectivity index (χ0n) is 12.4. The molecule has 2 unspecified atom stereocenters. The van der Waals surface area contributed by atoms with Crippen molar-refractivity contribution in [3.05, 3.63) is 29.8 Å². The monoisotopic (exact) mass is 262 g/mol. The lowest BCUT2D eigenvalue weighted by Crippen LogP contribution is -2.49. The van der Waals surface area contributed by atoms with Crippen LogP contribution in [0, 0.1) is 0 Å². The van der Waals surface area contributed by atoms with E-state index in [1.807, 2.05) is 6.07 Å². The van der Waals surface area contributed by atoms with Crippen molar-refractivity contribution in [2.24, 2.45) is 0 Å². The highest BCUT2D eigenvalue weighted by atomic mass is 16.5. The SMILES string of the molecule is CNC(C)C1CCCCN1Cc1ccccc1OC. The number of hydrogen-bond donors (Lipinski definition) is 1. The zero-order chi connectivity index (χ0) is 13.7. The second-order valence-electron chi connectivity index (χ2n) is 5.42. The van der Waals surface area contributed by atoms with Crippen LogP contribution in [0.25, 0.3) is 0 Å². The molecule has 1 N–H and O–H groups in total. The maximum atomic E-state index is 5.47. The van der Waals surface area contributed by atoms with Gasteiger partial charge in [0.2, 0.25) is 0 Å². The molecule has 3 heteroatoms. The quantitative estimate of drug-likeness (QED) is 0.883. The normalized spacial score (nSPS) is 22.2. The molecular weight excluding hydrogens is 236 g/mol. The van der Waals surface area contributed by atoms with Crippen LogP contribution in [0.5, 0.6) is 5.75 Å². The van der Waals surface area contributed by atoms with Crippen LogP contribution in [0.4, 0.5) is 0 Å². The van der Waals surface area contributed by atoms with Crippen molar-refractivity contribution in [2.45, 2.75) is 44.8 Å². The maximum absolute atomic E-state index is 5.47. The zero-order valence-corrected chi connectivity index (χ0v) is 12.4. The van der Waals surface area contributed by atoms with Gasteiger partial charge in [-0.2, -0.15) is 0 Å². The van der Waals surface area contributed by atoms with Crippen molar-refractivity contribution in [2.75, 3.05) is 20.7 Å². The van der Waals surface area contributed by atoms with Crippen molar-refractivity contribution in [1.82, 2.24) is 10.2 Å². The van der Waals surface area contributed by atoms with Crippen molar-refractivity contribution >= 4 is 0 Å². The van der Waals surface area contributed by atoms with E-state index in [2.05, 4.69) is 42.4 Å². The minimum atomic E-state index is 0.537. The number of rotatable bonds is 5. The van der Waals surface area contributed by atoms with E-state index >= 15 is 0 Å². The molecular formula is C16H26N2O. The van der Waals surface area contributed by atoms with E-state index in [1.54, 1.807) is 7.11 Å². The average molecular weight is 262 g/mol. The van der Waals surface area contributed by atoms with E-state index in [9.17, 15) is 0 Å². The molecule has 1 aliphatic rings. The van der Waals surface area contributed by atoms with Crippen LogP contribution in [0.3, 0.4) is 0 Å². The lowest BCUT2D eigenvalue weighted by atomic mass is 9.95. The number of likely N-dealkylation sites (N-methyl/N-ethyl adjacent to an activating group) is 1. The van der Waals surface area contributed by atoms with E-state index in [1.165, 1.54) is 31.4 Å². The van der Waals surface area contributed by atoms with Gasteiger partial charge in [0.05, 0.1) is 7.11 Å². The highest BCUT2D eigenvalue weighted by Gasteiger charge is 2.26. The van der Waals surface area contributed by atoms with Crippen molar-refractivity contribution < 1.29 is 4.74 Å². The predicted octanol–water partition coefficient (Wildman–Crippen LogP) is 2.66. The highest BCUT2D eigenvalue weighted by Crippen LogP contribution is 2.25. The number of methoxy groups -OCH3 is 1. The largest absolute Gasteiger partial charge is 0.496 e. The van der Waals surface area contributed by atoms with Crippen LogP contribution >= 0.6 is 0 Å². The summed E-state index contributed by atoms with van der Waals surface area (Å²) in [7, 11) is 3.81. The first-order valence-corrected chi connectivity index (χ1v) is 7.29. The molecule has 1 heterocycles. The van der Waals surface area contributed by atoms with Crippen LogP contribution in [0.1, 0.15) is 31.7 Å². The molecule has 0 radical (unpaired) electrons. The molecule has 1 saturated heterocycles. The van der Waals surface area contributed by atoms with E-state index in [4.69, 9.17) is 4.74 Å². The minimum absolute atomic E-state index is 0.537. The maximum Gasteiger partial charge on any atom is 0.123 e. The van der Waals surface area contributed by atoms with Gasteiger partial charge in [0.15, 0.2) is 0 Å². The van der Waals surface area contributed by atoms with Gasteiger partial charge in [0.25, 0.3) is 0 Å². The Hall–Kier alpha value is -1.06. The molecule has 1 aliphatic heterocycles. The summed E-state index contributed by atoms with van der Waals surface area (Å²) >= 11 is 0. The van der Waals surface area contributed by atoms with E-state index in [0.717, 1.165) is 12.3 Å². The highest BCUT2D eigenvalue weighted by molar-refractivity contribution is 5.33. The third-order valence-electron chi connectivity index (χ3n) is 4.26. The number of nitrogens with zero attached hydrogens (tertiary/aromatic N) is 1. The second-order valence-corrected chi connectivity index (χ2v) is 5.42. The molecule has 0 spiro atoms. The Bertz CT molecular complexity index is 394. The molecule has 0 bridgehead atoms. The molecule has 0 amide bonds. The minimum Gasteiger partial charge on any atom is -0.496 e. The number of benzene rings is 1. The van der Waals surface area contributed by atoms with Gasteiger partial charge in [-0.05, 0) is 39.4 Å². The molecule has 0 aliphatic carbocycles. The summed E-state index contributed by atoms with van der Waals surface area (Å²) in [5.41, 5.74) is 1.29. The molecule has 0 saturated carbocycles. The van der Waals surface area contributed by atoms with Crippen LogP contribution in [-0.4, -0.2) is 37.7 Å². The van der Waals surface area contributed by atoms with Crippen molar-refractivity contribution in [3.8, 4) is 5.75 Å². The second kappa shape index (κ2) is 6.92. The number of piperidine rings is 1. The molecule has 2 atom stereocenters. The third kappa shape index (κ3) is 3.48. The van der Waals surface area contributed by atoms with E-state index < -0.39 is 0 Å². The van der Waals surface area contributed by atoms with Crippen molar-refractivity contribution in [1.29, 1.82) is 0 Å². The molecule has 1 aromatic carbocycles. The predicted molar refractivity (Wildman–Crippen MR) is 79.6 cm³/mol. The molecule has 0 aromatic heterocycles. The smallest absolute Gasteiger partial charge is 0.123 e. The van der Waals surface area contributed by atoms with Gasteiger partial charge in [-0.3, -0.25) is 4.90 Å². The van der Waals surface area contributed by atoms with Gasteiger partial charge in [0.1, 0.15) is 5.75 Å². The van der Waals surface area contributed by atoms with E-state index in [0.29, 0.717) is 12.1 Å². The summed E-state index contributed by atoms with van der Waals surface area (Å²) in [6.45, 7) is 4.46. The Morgan fingerprint density at radius 3 is 2.89 bits per heavy atom. The summed E-state index contributed by atoms with van der Waals surface area (Å²) in [6.07, 6.45) is 3.94. The summed E-state index contributed by atoms with van der Waals surface area (Å²) in [5, 5.41) is 3.41. The lowest BCUT2D eigenvalue weighted by molar-refractivity contribution is 0.113. The van der Waals surface area contributed by atoms with Crippen LogP contribution in [0.2, 0.25) is 0 Å². The fourth-order valence-electron chi connectivity index (χ4n) is 3.02. The van der Waals surface area contributed by atoms with Gasteiger partial charge in [-0.25, -0.2) is 0 Å². The first-order valence-electron chi connectivity index (χ1n) is 7.29. The summed E-state index contributed by atoms with van der Waals surface area (Å²) < 4.78 is 5.47. The topological polar surface area (TPSA) is 24.5 Å². The van der Waals surface area contributed by atoms with Gasteiger partial charge in [-0.15, -0.1) is 0 Å². The summed E-state index contributed by atoms with van der Waals surface area (Å²) in [5.74, 6) is 1.00. The third-order valence-corrected chi connectivity index (χ3v) is 4.26. The number of para-hydroxylation sites is 1. The van der Waals surface area contributed by atoms with Gasteiger partial charge in [-0.1, -0.05) is 24.6 Å². The van der Waals surface area contributed by atoms with Gasteiger partial charge < -0.3 is 10.1 Å². The lowest BCUT2D eigenvalue weighted by Gasteiger charge is -2.39. The average Bonchev–Trinajstić information content (AvgIpc) is 2.47. The van der Waals surface area contributed by atoms with Gasteiger partial charge in [0, 0.05) is 24.2 Å². The fraction of sp³-hybridized carbons (Fsp3) is 0.625. The number of likely N-dealkylation sites (tertiary alicyclic amines) is 1. The molecule has 106 valence electrons. The van der Waals surface area contributed by atoms with Crippen LogP contribution < -0.4 is 10.1 Å².